The van der Waals surface area contributed by atoms with E-state index in [9.17, 15) is 0 Å². The van der Waals surface area contributed by atoms with Gasteiger partial charge >= 0.3 is 5.97 Å². The van der Waals surface area contributed by atoms with Crippen LogP contribution in [-0.2, 0) is 20.9 Å². The number of hydrogen-bond acceptors (Lipinski definition) is 6. The molecule has 1 aromatic carbocycles. The second-order valence-electron chi connectivity index (χ2n) is 10.2. The molecular weight excluding hydrogens is 450 g/mol. The minimum absolute atomic E-state index is 0.0432. The van der Waals surface area contributed by atoms with Gasteiger partial charge in [-0.05, 0) is 82.4 Å². The molecule has 1 heterocycles. The number of hydrogen-bond donors (Lipinski definition) is 2. The van der Waals surface area contributed by atoms with Gasteiger partial charge in [-0.2, -0.15) is 0 Å². The number of carboxylic acid groups (broad SMARTS) is 2. The minimum atomic E-state index is -2.07. The van der Waals surface area contributed by atoms with Crippen molar-refractivity contribution in [2.24, 2.45) is 17.8 Å². The van der Waals surface area contributed by atoms with Crippen LogP contribution in [0.3, 0.4) is 0 Å². The van der Waals surface area contributed by atoms with Crippen LogP contribution < -0.4 is 19.9 Å². The Balaban J connectivity index is 0.000000905. The number of carbonyl (C=O) groups is 2. The number of benzene rings is 1. The van der Waals surface area contributed by atoms with E-state index < -0.39 is 11.9 Å². The van der Waals surface area contributed by atoms with Crippen LogP contribution in [0.25, 0.3) is 0 Å². The lowest BCUT2D eigenvalue weighted by Crippen LogP contribution is -2.82. The fraction of sp³-hybridized carbons (Fsp3) is 0.704. The van der Waals surface area contributed by atoms with E-state index in [0.29, 0.717) is 6.61 Å². The fourth-order valence-corrected chi connectivity index (χ4v) is 4.56. The van der Waals surface area contributed by atoms with Gasteiger partial charge in [-0.15, -0.1) is 0 Å². The van der Waals surface area contributed by atoms with Crippen LogP contribution in [0.15, 0.2) is 18.2 Å². The maximum Gasteiger partial charge on any atom is 0.351 e. The van der Waals surface area contributed by atoms with Gasteiger partial charge in [0, 0.05) is 12.2 Å². The van der Waals surface area contributed by atoms with Gasteiger partial charge in [0.1, 0.15) is 6.54 Å². The van der Waals surface area contributed by atoms with Crippen molar-refractivity contribution in [1.29, 1.82) is 0 Å². The molecule has 0 saturated carbocycles. The van der Waals surface area contributed by atoms with Crippen molar-refractivity contribution in [3.63, 3.8) is 0 Å². The fourth-order valence-electron chi connectivity index (χ4n) is 4.56. The Bertz CT molecular complexity index is 767. The lowest BCUT2D eigenvalue weighted by Gasteiger charge is -2.39. The molecule has 1 aromatic rings. The number of aliphatic carboxylic acids is 2. The Morgan fingerprint density at radius 3 is 2.46 bits per heavy atom. The molecule has 0 bridgehead atoms. The molecule has 3 N–H and O–H groups in total. The summed E-state index contributed by atoms with van der Waals surface area (Å²) in [6.07, 6.45) is 6.40. The standard InChI is InChI=1S/C25H43NO3.C2H2O4/c1-7-28-23-11-9-20(16-24(23)27-6)18-26-14-12-21(10-8-19(2)3)22-13-15-29-25(4,5)17-22;3-1(4)2(5)6/h9,11,16,19,21-22,26H,7-8,10,12-15,17-18H2,1-6H3;(H,3,4)(H,5,6). The van der Waals surface area contributed by atoms with Crippen molar-refractivity contribution in [1.82, 2.24) is 0 Å². The molecule has 1 saturated heterocycles. The van der Waals surface area contributed by atoms with Gasteiger partial charge in [0.05, 0.1) is 25.9 Å². The summed E-state index contributed by atoms with van der Waals surface area (Å²) in [6.45, 7) is 14.9. The van der Waals surface area contributed by atoms with E-state index in [2.05, 4.69) is 45.1 Å². The molecule has 8 heteroatoms. The van der Waals surface area contributed by atoms with Crippen LogP contribution in [-0.4, -0.2) is 49.5 Å². The molecule has 0 radical (unpaired) electrons. The van der Waals surface area contributed by atoms with Crippen molar-refractivity contribution in [3.8, 4) is 11.5 Å². The normalized spacial score (nSPS) is 17.7. The first-order chi connectivity index (χ1) is 16.5. The summed E-state index contributed by atoms with van der Waals surface area (Å²) < 4.78 is 17.1. The predicted octanol–water partition coefficient (Wildman–Crippen LogP) is 2.63. The van der Waals surface area contributed by atoms with Crippen molar-refractivity contribution in [2.45, 2.75) is 78.9 Å². The van der Waals surface area contributed by atoms with Gasteiger partial charge < -0.3 is 34.5 Å². The molecule has 0 aliphatic carbocycles. The smallest absolute Gasteiger partial charge is 0.351 e. The first-order valence-corrected chi connectivity index (χ1v) is 12.7. The molecule has 0 amide bonds. The lowest BCUT2D eigenvalue weighted by molar-refractivity contribution is -0.671. The monoisotopic (exact) mass is 495 g/mol. The van der Waals surface area contributed by atoms with E-state index >= 15 is 0 Å². The van der Waals surface area contributed by atoms with Gasteiger partial charge in [-0.1, -0.05) is 20.3 Å². The number of methoxy groups -OCH3 is 1. The number of carboxylic acids is 2. The highest BCUT2D eigenvalue weighted by atomic mass is 16.5. The van der Waals surface area contributed by atoms with Crippen LogP contribution in [0.2, 0.25) is 0 Å². The third kappa shape index (κ3) is 12.3. The molecular formula is C27H45NO7. The Hall–Kier alpha value is -2.32. The highest BCUT2D eigenvalue weighted by molar-refractivity contribution is 6.26. The summed E-state index contributed by atoms with van der Waals surface area (Å²) in [5.74, 6) is 0.0467. The van der Waals surface area contributed by atoms with Crippen LogP contribution in [0.4, 0.5) is 0 Å². The maximum absolute atomic E-state index is 9.04. The molecule has 8 nitrogen and oxygen atoms in total. The third-order valence-electron chi connectivity index (χ3n) is 6.34. The summed E-state index contributed by atoms with van der Waals surface area (Å²) in [5.41, 5.74) is 1.33. The van der Waals surface area contributed by atoms with E-state index in [1.54, 1.807) is 7.11 Å². The van der Waals surface area contributed by atoms with Gasteiger partial charge in [0.15, 0.2) is 17.5 Å². The van der Waals surface area contributed by atoms with E-state index in [1.807, 2.05) is 13.0 Å². The van der Waals surface area contributed by atoms with Gasteiger partial charge in [-0.3, -0.25) is 0 Å². The zero-order valence-electron chi connectivity index (χ0n) is 22.3. The van der Waals surface area contributed by atoms with Crippen molar-refractivity contribution < 1.29 is 39.3 Å². The zero-order valence-corrected chi connectivity index (χ0v) is 22.3. The first kappa shape index (κ1) is 30.7. The van der Waals surface area contributed by atoms with E-state index in [1.165, 1.54) is 44.2 Å². The number of ether oxygens (including phenoxy) is 3. The number of quaternary nitrogens is 1. The van der Waals surface area contributed by atoms with Crippen molar-refractivity contribution in [3.05, 3.63) is 23.8 Å². The first-order valence-electron chi connectivity index (χ1n) is 12.7. The molecule has 200 valence electrons. The summed E-state index contributed by atoms with van der Waals surface area (Å²) in [4.78, 5) is 18.0. The Kier molecular flexibility index (Phi) is 13.7. The Morgan fingerprint density at radius 1 is 1.23 bits per heavy atom. The molecule has 1 fully saturated rings. The average Bonchev–Trinajstić information content (AvgIpc) is 2.79. The van der Waals surface area contributed by atoms with Crippen molar-refractivity contribution >= 4 is 11.9 Å². The van der Waals surface area contributed by atoms with Crippen LogP contribution in [0.1, 0.15) is 72.3 Å². The third-order valence-corrected chi connectivity index (χ3v) is 6.34. The molecule has 2 rings (SSSR count). The quantitative estimate of drug-likeness (QED) is 0.338. The van der Waals surface area contributed by atoms with Crippen LogP contribution in [0.5, 0.6) is 11.5 Å². The summed E-state index contributed by atoms with van der Waals surface area (Å²) in [6, 6.07) is 6.29. The van der Waals surface area contributed by atoms with Gasteiger partial charge in [-0.25, -0.2) is 4.79 Å². The second kappa shape index (κ2) is 15.6. The molecule has 0 spiro atoms. The maximum atomic E-state index is 9.04. The summed E-state index contributed by atoms with van der Waals surface area (Å²) >= 11 is 0. The highest BCUT2D eigenvalue weighted by Crippen LogP contribution is 2.37. The largest absolute Gasteiger partial charge is 0.539 e. The van der Waals surface area contributed by atoms with Crippen molar-refractivity contribution in [2.75, 3.05) is 26.9 Å². The van der Waals surface area contributed by atoms with E-state index in [-0.39, 0.29) is 5.60 Å². The van der Waals surface area contributed by atoms with Crippen LogP contribution in [0, 0.1) is 17.8 Å². The molecule has 1 aliphatic heterocycles. The molecule has 35 heavy (non-hydrogen) atoms. The zero-order chi connectivity index (χ0) is 26.4. The SMILES string of the molecule is CCOc1ccc(C[NH2+]CCC(CCC(C)C)C2CCOC(C)(C)C2)cc1OC.O=C([O-])C(=O)O. The molecule has 0 aromatic heterocycles. The number of rotatable bonds is 12. The Labute approximate surface area is 210 Å². The van der Waals surface area contributed by atoms with E-state index in [4.69, 9.17) is 34.0 Å². The number of carbonyl (C=O) groups excluding carboxylic acids is 1. The minimum Gasteiger partial charge on any atom is -0.539 e. The predicted molar refractivity (Wildman–Crippen MR) is 132 cm³/mol. The number of nitrogens with two attached hydrogens (primary N) is 1. The molecule has 1 aliphatic rings. The lowest BCUT2D eigenvalue weighted by atomic mass is 9.75. The summed E-state index contributed by atoms with van der Waals surface area (Å²) in [5, 5.41) is 18.8. The second-order valence-corrected chi connectivity index (χ2v) is 10.2. The van der Waals surface area contributed by atoms with E-state index in [0.717, 1.165) is 42.4 Å². The molecule has 2 unspecified atom stereocenters. The average molecular weight is 496 g/mol. The van der Waals surface area contributed by atoms with Gasteiger partial charge in [0.25, 0.3) is 0 Å². The Morgan fingerprint density at radius 2 is 1.91 bits per heavy atom. The van der Waals surface area contributed by atoms with Crippen LogP contribution >= 0.6 is 0 Å². The molecule has 2 atom stereocenters. The topological polar surface area (TPSA) is 122 Å². The van der Waals surface area contributed by atoms with Gasteiger partial charge in [0.2, 0.25) is 0 Å². The highest BCUT2D eigenvalue weighted by Gasteiger charge is 2.33. The summed E-state index contributed by atoms with van der Waals surface area (Å²) in [7, 11) is 1.71.